The molecule has 0 saturated carbocycles. The van der Waals surface area contributed by atoms with Crippen LogP contribution in [0.3, 0.4) is 0 Å². The standard InChI is InChI=1S/C15H12Cl2N2O3/c1-21-12(20)9-22-13-14(16)18-11(19-15(13)17)8-7-10-5-3-2-4-6-10/h2-8H,9H2,1H3. The van der Waals surface area contributed by atoms with E-state index in [2.05, 4.69) is 14.7 Å². The molecule has 0 spiro atoms. The molecule has 5 nitrogen and oxygen atoms in total. The Morgan fingerprint density at radius 1 is 1.14 bits per heavy atom. The molecular weight excluding hydrogens is 327 g/mol. The van der Waals surface area contributed by atoms with Crippen molar-refractivity contribution in [2.45, 2.75) is 0 Å². The zero-order valence-electron chi connectivity index (χ0n) is 11.6. The number of aromatic nitrogens is 2. The van der Waals surface area contributed by atoms with Gasteiger partial charge >= 0.3 is 5.97 Å². The molecular formula is C15H12Cl2N2O3. The molecule has 114 valence electrons. The van der Waals surface area contributed by atoms with Crippen molar-refractivity contribution in [3.63, 3.8) is 0 Å². The van der Waals surface area contributed by atoms with E-state index in [0.29, 0.717) is 5.82 Å². The second-order valence-electron chi connectivity index (χ2n) is 4.10. The summed E-state index contributed by atoms with van der Waals surface area (Å²) in [5.41, 5.74) is 0.990. The number of carbonyl (C=O) groups excluding carboxylic acids is 1. The normalized spacial score (nSPS) is 10.7. The minimum Gasteiger partial charge on any atom is -0.475 e. The van der Waals surface area contributed by atoms with Crippen LogP contribution < -0.4 is 4.74 Å². The van der Waals surface area contributed by atoms with Gasteiger partial charge in [-0.3, -0.25) is 0 Å². The van der Waals surface area contributed by atoms with Gasteiger partial charge in [0.25, 0.3) is 0 Å². The van der Waals surface area contributed by atoms with Crippen LogP contribution >= 0.6 is 23.2 Å². The Hall–Kier alpha value is -2.11. The van der Waals surface area contributed by atoms with Gasteiger partial charge < -0.3 is 9.47 Å². The van der Waals surface area contributed by atoms with E-state index in [1.807, 2.05) is 36.4 Å². The number of ether oxygens (including phenoxy) is 2. The summed E-state index contributed by atoms with van der Waals surface area (Å²) in [7, 11) is 1.25. The van der Waals surface area contributed by atoms with Crippen LogP contribution in [0.4, 0.5) is 0 Å². The average Bonchev–Trinajstić information content (AvgIpc) is 2.52. The summed E-state index contributed by atoms with van der Waals surface area (Å²) in [5, 5.41) is 0.0493. The van der Waals surface area contributed by atoms with Crippen LogP contribution in [0.2, 0.25) is 10.3 Å². The molecule has 0 fully saturated rings. The predicted octanol–water partition coefficient (Wildman–Crippen LogP) is 3.51. The number of esters is 1. The lowest BCUT2D eigenvalue weighted by Gasteiger charge is -2.08. The van der Waals surface area contributed by atoms with Crippen LogP contribution in [0.5, 0.6) is 5.75 Å². The lowest BCUT2D eigenvalue weighted by molar-refractivity contribution is -0.142. The summed E-state index contributed by atoms with van der Waals surface area (Å²) < 4.78 is 9.61. The fourth-order valence-electron chi connectivity index (χ4n) is 1.53. The number of rotatable bonds is 5. The van der Waals surface area contributed by atoms with E-state index < -0.39 is 5.97 Å². The third kappa shape index (κ3) is 4.44. The molecule has 0 bridgehead atoms. The predicted molar refractivity (Wildman–Crippen MR) is 84.9 cm³/mol. The van der Waals surface area contributed by atoms with Gasteiger partial charge in [-0.05, 0) is 11.6 Å². The van der Waals surface area contributed by atoms with E-state index in [4.69, 9.17) is 27.9 Å². The molecule has 0 N–H and O–H groups in total. The lowest BCUT2D eigenvalue weighted by atomic mass is 10.2. The first-order valence-corrected chi connectivity index (χ1v) is 7.01. The second kappa shape index (κ2) is 7.77. The van der Waals surface area contributed by atoms with Gasteiger partial charge in [0.2, 0.25) is 0 Å². The van der Waals surface area contributed by atoms with Crippen LogP contribution in [-0.4, -0.2) is 29.7 Å². The van der Waals surface area contributed by atoms with Crippen LogP contribution in [0.25, 0.3) is 12.2 Å². The first-order valence-electron chi connectivity index (χ1n) is 6.26. The molecule has 1 aromatic carbocycles. The van der Waals surface area contributed by atoms with Crippen molar-refractivity contribution in [3.8, 4) is 5.75 Å². The zero-order chi connectivity index (χ0) is 15.9. The van der Waals surface area contributed by atoms with Gasteiger partial charge in [0.15, 0.2) is 28.5 Å². The minimum absolute atomic E-state index is 0.0246. The molecule has 0 aliphatic carbocycles. The second-order valence-corrected chi connectivity index (χ2v) is 4.82. The smallest absolute Gasteiger partial charge is 0.343 e. The topological polar surface area (TPSA) is 61.3 Å². The van der Waals surface area contributed by atoms with Gasteiger partial charge in [-0.2, -0.15) is 0 Å². The summed E-state index contributed by atoms with van der Waals surface area (Å²) in [5.74, 6) is -0.171. The Balaban J connectivity index is 2.15. The van der Waals surface area contributed by atoms with Gasteiger partial charge in [0, 0.05) is 0 Å². The van der Waals surface area contributed by atoms with Gasteiger partial charge in [-0.1, -0.05) is 59.6 Å². The van der Waals surface area contributed by atoms with Crippen LogP contribution in [0.1, 0.15) is 11.4 Å². The minimum atomic E-state index is -0.555. The van der Waals surface area contributed by atoms with Gasteiger partial charge in [0.1, 0.15) is 0 Å². The first kappa shape index (κ1) is 16.3. The maximum absolute atomic E-state index is 11.0. The van der Waals surface area contributed by atoms with Crippen molar-refractivity contribution >= 4 is 41.3 Å². The van der Waals surface area contributed by atoms with Crippen molar-refractivity contribution in [2.24, 2.45) is 0 Å². The fraction of sp³-hybridized carbons (Fsp3) is 0.133. The highest BCUT2D eigenvalue weighted by molar-refractivity contribution is 6.35. The zero-order valence-corrected chi connectivity index (χ0v) is 13.1. The molecule has 0 unspecified atom stereocenters. The SMILES string of the molecule is COC(=O)COc1c(Cl)nc(C=Cc2ccccc2)nc1Cl. The number of halogens is 2. The van der Waals surface area contributed by atoms with Gasteiger partial charge in [0.05, 0.1) is 7.11 Å². The third-order valence-electron chi connectivity index (χ3n) is 2.59. The van der Waals surface area contributed by atoms with Crippen molar-refractivity contribution in [1.29, 1.82) is 0 Å². The third-order valence-corrected chi connectivity index (χ3v) is 3.10. The van der Waals surface area contributed by atoms with Crippen LogP contribution in [0, 0.1) is 0 Å². The fourth-order valence-corrected chi connectivity index (χ4v) is 2.04. The molecule has 1 aromatic heterocycles. The Morgan fingerprint density at radius 2 is 1.77 bits per heavy atom. The van der Waals surface area contributed by atoms with Gasteiger partial charge in [-0.25, -0.2) is 14.8 Å². The molecule has 7 heteroatoms. The number of methoxy groups -OCH3 is 1. The Morgan fingerprint density at radius 3 is 2.36 bits per heavy atom. The van der Waals surface area contributed by atoms with E-state index in [1.165, 1.54) is 7.11 Å². The molecule has 0 amide bonds. The number of benzene rings is 1. The van der Waals surface area contributed by atoms with Crippen LogP contribution in [0.15, 0.2) is 30.3 Å². The highest BCUT2D eigenvalue weighted by Gasteiger charge is 2.14. The average molecular weight is 339 g/mol. The number of nitrogens with zero attached hydrogens (tertiary/aromatic N) is 2. The molecule has 2 aromatic rings. The monoisotopic (exact) mass is 338 g/mol. The highest BCUT2D eigenvalue weighted by atomic mass is 35.5. The van der Waals surface area contributed by atoms with Crippen molar-refractivity contribution in [3.05, 3.63) is 52.0 Å². The van der Waals surface area contributed by atoms with Gasteiger partial charge in [-0.15, -0.1) is 0 Å². The largest absolute Gasteiger partial charge is 0.475 e. The summed E-state index contributed by atoms with van der Waals surface area (Å²) in [6.45, 7) is -0.321. The quantitative estimate of drug-likeness (QED) is 0.616. The Bertz CT molecular complexity index is 667. The molecule has 22 heavy (non-hydrogen) atoms. The molecule has 0 atom stereocenters. The number of carbonyl (C=O) groups is 1. The first-order chi connectivity index (χ1) is 10.6. The number of hydrogen-bond acceptors (Lipinski definition) is 5. The highest BCUT2D eigenvalue weighted by Crippen LogP contribution is 2.30. The maximum Gasteiger partial charge on any atom is 0.343 e. The van der Waals surface area contributed by atoms with E-state index in [9.17, 15) is 4.79 Å². The summed E-state index contributed by atoms with van der Waals surface area (Å²) in [6.07, 6.45) is 3.51. The Kier molecular flexibility index (Phi) is 5.75. The lowest BCUT2D eigenvalue weighted by Crippen LogP contribution is -2.13. The maximum atomic E-state index is 11.0. The number of hydrogen-bond donors (Lipinski definition) is 0. The van der Waals surface area contributed by atoms with Crippen molar-refractivity contribution < 1.29 is 14.3 Å². The van der Waals surface area contributed by atoms with E-state index >= 15 is 0 Å². The molecule has 1 heterocycles. The Labute approximate surface area is 137 Å². The van der Waals surface area contributed by atoms with Crippen LogP contribution in [-0.2, 0) is 9.53 Å². The van der Waals surface area contributed by atoms with E-state index in [1.54, 1.807) is 6.08 Å². The summed E-state index contributed by atoms with van der Waals surface area (Å²) >= 11 is 12.0. The molecule has 2 rings (SSSR count). The van der Waals surface area contributed by atoms with E-state index in [-0.39, 0.29) is 22.7 Å². The molecule has 0 aliphatic rings. The van der Waals surface area contributed by atoms with Crippen molar-refractivity contribution in [1.82, 2.24) is 9.97 Å². The van der Waals surface area contributed by atoms with Crippen molar-refractivity contribution in [2.75, 3.05) is 13.7 Å². The molecule has 0 saturated heterocycles. The van der Waals surface area contributed by atoms with E-state index in [0.717, 1.165) is 5.56 Å². The molecule has 0 aliphatic heterocycles. The summed E-state index contributed by atoms with van der Waals surface area (Å²) in [6, 6.07) is 9.64. The summed E-state index contributed by atoms with van der Waals surface area (Å²) in [4.78, 5) is 19.2. The molecule has 0 radical (unpaired) electrons.